The van der Waals surface area contributed by atoms with Gasteiger partial charge in [0.15, 0.2) is 0 Å². The second kappa shape index (κ2) is 5.98. The van der Waals surface area contributed by atoms with Crippen LogP contribution in [0.3, 0.4) is 0 Å². The Balaban J connectivity index is 2.02. The maximum atomic E-state index is 11.4. The van der Waals surface area contributed by atoms with Crippen molar-refractivity contribution in [1.82, 2.24) is 4.90 Å². The van der Waals surface area contributed by atoms with Crippen molar-refractivity contribution >= 4 is 5.97 Å². The summed E-state index contributed by atoms with van der Waals surface area (Å²) in [5.41, 5.74) is 1.65. The number of likely N-dealkylation sites (tertiary alicyclic amines) is 1. The number of rotatable bonds is 3. The fourth-order valence-corrected chi connectivity index (χ4v) is 2.35. The minimum atomic E-state index is -0.310. The minimum absolute atomic E-state index is 0.220. The van der Waals surface area contributed by atoms with Crippen LogP contribution in [-0.4, -0.2) is 42.3 Å². The van der Waals surface area contributed by atoms with Crippen molar-refractivity contribution in [2.24, 2.45) is 0 Å². The Bertz CT molecular complexity index is 419. The molecule has 4 heteroatoms. The summed E-state index contributed by atoms with van der Waals surface area (Å²) in [7, 11) is 1.38. The fourth-order valence-electron chi connectivity index (χ4n) is 2.35. The minimum Gasteiger partial charge on any atom is -0.465 e. The van der Waals surface area contributed by atoms with Crippen LogP contribution >= 0.6 is 0 Å². The van der Waals surface area contributed by atoms with Crippen molar-refractivity contribution in [3.05, 3.63) is 35.4 Å². The molecule has 0 bridgehead atoms. The quantitative estimate of drug-likeness (QED) is 0.823. The number of hydrogen-bond acceptors (Lipinski definition) is 4. The molecule has 2 rings (SSSR count). The number of ether oxygens (including phenoxy) is 1. The zero-order valence-electron chi connectivity index (χ0n) is 10.6. The van der Waals surface area contributed by atoms with Crippen LogP contribution in [0.1, 0.15) is 28.8 Å². The number of methoxy groups -OCH3 is 1. The smallest absolute Gasteiger partial charge is 0.337 e. The highest BCUT2D eigenvalue weighted by Gasteiger charge is 2.17. The van der Waals surface area contributed by atoms with E-state index in [1.807, 2.05) is 18.2 Å². The number of piperidine rings is 1. The van der Waals surface area contributed by atoms with E-state index in [1.165, 1.54) is 7.11 Å². The topological polar surface area (TPSA) is 49.8 Å². The molecular weight excluding hydrogens is 230 g/mol. The lowest BCUT2D eigenvalue weighted by atomic mass is 10.1. The average molecular weight is 249 g/mol. The van der Waals surface area contributed by atoms with Crippen molar-refractivity contribution < 1.29 is 14.6 Å². The summed E-state index contributed by atoms with van der Waals surface area (Å²) in [4.78, 5) is 13.6. The van der Waals surface area contributed by atoms with Gasteiger partial charge in [0.05, 0.1) is 18.8 Å². The third-order valence-electron chi connectivity index (χ3n) is 3.23. The van der Waals surface area contributed by atoms with Gasteiger partial charge in [0.1, 0.15) is 0 Å². The molecule has 0 aliphatic carbocycles. The summed E-state index contributed by atoms with van der Waals surface area (Å²) in [6.45, 7) is 2.48. The largest absolute Gasteiger partial charge is 0.465 e. The lowest BCUT2D eigenvalue weighted by Gasteiger charge is -2.30. The Morgan fingerprint density at radius 1 is 1.56 bits per heavy atom. The Kier molecular flexibility index (Phi) is 4.33. The molecule has 0 saturated carbocycles. The van der Waals surface area contributed by atoms with Crippen LogP contribution in [0, 0.1) is 0 Å². The monoisotopic (exact) mass is 249 g/mol. The molecule has 4 nitrogen and oxygen atoms in total. The van der Waals surface area contributed by atoms with Crippen LogP contribution in [-0.2, 0) is 11.3 Å². The van der Waals surface area contributed by atoms with E-state index in [0.717, 1.165) is 31.5 Å². The Hall–Kier alpha value is -1.39. The molecule has 0 aromatic heterocycles. The first kappa shape index (κ1) is 13.1. The molecule has 98 valence electrons. The van der Waals surface area contributed by atoms with E-state index in [0.29, 0.717) is 12.1 Å². The molecule has 1 aliphatic rings. The van der Waals surface area contributed by atoms with E-state index in [1.54, 1.807) is 6.07 Å². The van der Waals surface area contributed by atoms with E-state index < -0.39 is 0 Å². The lowest BCUT2D eigenvalue weighted by molar-refractivity contribution is 0.0597. The number of carbonyl (C=O) groups excluding carboxylic acids is 1. The predicted octanol–water partition coefficient (Wildman–Crippen LogP) is 1.43. The molecule has 18 heavy (non-hydrogen) atoms. The fraction of sp³-hybridized carbons (Fsp3) is 0.500. The van der Waals surface area contributed by atoms with Crippen molar-refractivity contribution in [1.29, 1.82) is 0 Å². The molecule has 1 fully saturated rings. The van der Waals surface area contributed by atoms with Gasteiger partial charge in [0.2, 0.25) is 0 Å². The van der Waals surface area contributed by atoms with Gasteiger partial charge in [-0.1, -0.05) is 12.1 Å². The van der Waals surface area contributed by atoms with Crippen LogP contribution in [0.4, 0.5) is 0 Å². The number of aliphatic hydroxyl groups is 1. The summed E-state index contributed by atoms with van der Waals surface area (Å²) in [6.07, 6.45) is 1.69. The number of carbonyl (C=O) groups is 1. The molecular formula is C14H19NO3. The number of esters is 1. The van der Waals surface area contributed by atoms with E-state index in [-0.39, 0.29) is 12.1 Å². The van der Waals surface area contributed by atoms with Gasteiger partial charge in [-0.3, -0.25) is 4.90 Å². The third kappa shape index (κ3) is 3.31. The van der Waals surface area contributed by atoms with Gasteiger partial charge < -0.3 is 9.84 Å². The summed E-state index contributed by atoms with van der Waals surface area (Å²) >= 11 is 0. The van der Waals surface area contributed by atoms with Crippen molar-refractivity contribution in [2.75, 3.05) is 20.2 Å². The van der Waals surface area contributed by atoms with Gasteiger partial charge in [0.25, 0.3) is 0 Å². The normalized spacial score (nSPS) is 20.7. The number of β-amino-alcohol motifs (C(OH)–C–C–N with tert-alkyl or cyclic N) is 1. The van der Waals surface area contributed by atoms with Gasteiger partial charge in [-0.05, 0) is 37.1 Å². The standard InChI is InChI=1S/C14H19NO3/c1-18-14(17)12-5-2-4-11(8-12)9-15-7-3-6-13(16)10-15/h2,4-5,8,13,16H,3,6-7,9-10H2,1H3. The Morgan fingerprint density at radius 2 is 2.39 bits per heavy atom. The van der Waals surface area contributed by atoms with E-state index >= 15 is 0 Å². The number of benzene rings is 1. The second-order valence-corrected chi connectivity index (χ2v) is 4.72. The van der Waals surface area contributed by atoms with Gasteiger partial charge in [0, 0.05) is 13.1 Å². The maximum Gasteiger partial charge on any atom is 0.337 e. The van der Waals surface area contributed by atoms with Crippen LogP contribution in [0.5, 0.6) is 0 Å². The van der Waals surface area contributed by atoms with Crippen LogP contribution in [0.25, 0.3) is 0 Å². The molecule has 1 aliphatic heterocycles. The van der Waals surface area contributed by atoms with Crippen molar-refractivity contribution in [2.45, 2.75) is 25.5 Å². The van der Waals surface area contributed by atoms with Crippen molar-refractivity contribution in [3.8, 4) is 0 Å². The van der Waals surface area contributed by atoms with Crippen LogP contribution in [0.15, 0.2) is 24.3 Å². The Labute approximate surface area is 107 Å². The molecule has 1 heterocycles. The van der Waals surface area contributed by atoms with Crippen LogP contribution < -0.4 is 0 Å². The molecule has 0 radical (unpaired) electrons. The average Bonchev–Trinajstić information content (AvgIpc) is 2.38. The molecule has 1 saturated heterocycles. The first-order valence-electron chi connectivity index (χ1n) is 6.26. The molecule has 0 spiro atoms. The lowest BCUT2D eigenvalue weighted by Crippen LogP contribution is -2.37. The molecule has 1 aromatic carbocycles. The highest BCUT2D eigenvalue weighted by molar-refractivity contribution is 5.89. The van der Waals surface area contributed by atoms with Crippen LogP contribution in [0.2, 0.25) is 0 Å². The SMILES string of the molecule is COC(=O)c1cccc(CN2CCCC(O)C2)c1. The summed E-state index contributed by atoms with van der Waals surface area (Å²) in [5, 5.41) is 9.62. The maximum absolute atomic E-state index is 11.4. The molecule has 1 atom stereocenters. The van der Waals surface area contributed by atoms with E-state index in [2.05, 4.69) is 4.90 Å². The highest BCUT2D eigenvalue weighted by Crippen LogP contribution is 2.14. The second-order valence-electron chi connectivity index (χ2n) is 4.72. The predicted molar refractivity (Wildman–Crippen MR) is 68.3 cm³/mol. The van der Waals surface area contributed by atoms with Gasteiger partial charge in [-0.15, -0.1) is 0 Å². The first-order chi connectivity index (χ1) is 8.69. The number of aliphatic hydroxyl groups excluding tert-OH is 1. The zero-order chi connectivity index (χ0) is 13.0. The van der Waals surface area contributed by atoms with Gasteiger partial charge in [-0.25, -0.2) is 4.79 Å². The van der Waals surface area contributed by atoms with Gasteiger partial charge >= 0.3 is 5.97 Å². The van der Waals surface area contributed by atoms with E-state index in [9.17, 15) is 9.90 Å². The Morgan fingerprint density at radius 3 is 3.11 bits per heavy atom. The van der Waals surface area contributed by atoms with Gasteiger partial charge in [-0.2, -0.15) is 0 Å². The summed E-state index contributed by atoms with van der Waals surface area (Å²) in [6, 6.07) is 7.46. The third-order valence-corrected chi connectivity index (χ3v) is 3.23. The molecule has 1 aromatic rings. The number of hydrogen-bond donors (Lipinski definition) is 1. The van der Waals surface area contributed by atoms with E-state index in [4.69, 9.17) is 4.74 Å². The first-order valence-corrected chi connectivity index (χ1v) is 6.26. The molecule has 1 unspecified atom stereocenters. The zero-order valence-corrected chi connectivity index (χ0v) is 10.6. The summed E-state index contributed by atoms with van der Waals surface area (Å²) in [5.74, 6) is -0.310. The summed E-state index contributed by atoms with van der Waals surface area (Å²) < 4.78 is 4.71. The highest BCUT2D eigenvalue weighted by atomic mass is 16.5. The molecule has 0 amide bonds. The number of nitrogens with zero attached hydrogens (tertiary/aromatic N) is 1. The molecule has 1 N–H and O–H groups in total. The van der Waals surface area contributed by atoms with Crippen molar-refractivity contribution in [3.63, 3.8) is 0 Å².